The van der Waals surface area contributed by atoms with Crippen LogP contribution >= 0.6 is 0 Å². The molecular formula is C8H12N4O5. The van der Waals surface area contributed by atoms with Gasteiger partial charge in [-0.2, -0.15) is 4.98 Å². The average molecular weight is 244 g/mol. The Morgan fingerprint density at radius 2 is 2.41 bits per heavy atom. The first-order valence-electron chi connectivity index (χ1n) is 4.83. The Bertz CT molecular complexity index is 477. The second-order valence-electron chi connectivity index (χ2n) is 3.72. The van der Waals surface area contributed by atoms with Crippen LogP contribution in [0.3, 0.4) is 0 Å². The fourth-order valence-electron chi connectivity index (χ4n) is 1.68. The van der Waals surface area contributed by atoms with Crippen molar-refractivity contribution in [3.05, 3.63) is 16.8 Å². The molecule has 3 atom stereocenters. The predicted octanol–water partition coefficient (Wildman–Crippen LogP) is -3.38. The third kappa shape index (κ3) is 1.78. The number of anilines is 1. The molecule has 1 aliphatic heterocycles. The molecular weight excluding hydrogens is 232 g/mol. The van der Waals surface area contributed by atoms with Crippen LogP contribution in [0.2, 0.25) is 0 Å². The largest absolute Gasteiger partial charge is 0.394 e. The summed E-state index contributed by atoms with van der Waals surface area (Å²) in [6.45, 7) is -0.833. The van der Waals surface area contributed by atoms with Crippen molar-refractivity contribution in [1.82, 2.24) is 14.5 Å². The van der Waals surface area contributed by atoms with E-state index in [1.54, 1.807) is 0 Å². The minimum atomic E-state index is -2.00. The molecule has 9 heteroatoms. The van der Waals surface area contributed by atoms with E-state index in [0.717, 1.165) is 10.9 Å². The van der Waals surface area contributed by atoms with Gasteiger partial charge in [0.2, 0.25) is 5.95 Å². The van der Waals surface area contributed by atoms with E-state index >= 15 is 0 Å². The minimum Gasteiger partial charge on any atom is -0.394 e. The Morgan fingerprint density at radius 1 is 1.71 bits per heavy atom. The van der Waals surface area contributed by atoms with E-state index in [2.05, 4.69) is 9.97 Å². The number of nitrogens with two attached hydrogens (primary N) is 1. The molecule has 5 N–H and O–H groups in total. The lowest BCUT2D eigenvalue weighted by Gasteiger charge is -2.27. The molecule has 2 rings (SSSR count). The van der Waals surface area contributed by atoms with Crippen molar-refractivity contribution in [1.29, 1.82) is 0 Å². The van der Waals surface area contributed by atoms with E-state index in [-0.39, 0.29) is 12.6 Å². The number of aromatic nitrogens is 3. The van der Waals surface area contributed by atoms with Crippen molar-refractivity contribution in [2.24, 2.45) is 0 Å². The van der Waals surface area contributed by atoms with Gasteiger partial charge in [0.1, 0.15) is 18.5 Å². The van der Waals surface area contributed by atoms with Crippen LogP contribution in [0.4, 0.5) is 5.95 Å². The van der Waals surface area contributed by atoms with Crippen molar-refractivity contribution >= 4 is 5.95 Å². The maximum absolute atomic E-state index is 11.5. The summed E-state index contributed by atoms with van der Waals surface area (Å²) in [5.74, 6) is -0.234. The summed E-state index contributed by atoms with van der Waals surface area (Å²) in [6.07, 6.45) is -1.46. The molecule has 0 aliphatic carbocycles. The van der Waals surface area contributed by atoms with E-state index in [4.69, 9.17) is 15.6 Å². The lowest BCUT2D eigenvalue weighted by Crippen LogP contribution is -2.52. The SMILES string of the molecule is Nc1ncn(C2(O)COC(CO)C2O)c(=O)n1. The van der Waals surface area contributed by atoms with Crippen molar-refractivity contribution < 1.29 is 20.1 Å². The monoisotopic (exact) mass is 244 g/mol. The third-order valence-electron chi connectivity index (χ3n) is 2.65. The van der Waals surface area contributed by atoms with Crippen LogP contribution in [0.1, 0.15) is 0 Å². The molecule has 9 nitrogen and oxygen atoms in total. The summed E-state index contributed by atoms with van der Waals surface area (Å²) in [5, 5.41) is 28.8. The molecule has 2 heterocycles. The molecule has 94 valence electrons. The van der Waals surface area contributed by atoms with Crippen molar-refractivity contribution in [2.45, 2.75) is 17.9 Å². The standard InChI is InChI=1S/C8H12N4O5/c9-6-10-3-12(7(15)11-6)8(16)2-17-4(1-13)5(8)14/h3-5,13-14,16H,1-2H2,(H2,9,11,15). The molecule has 0 bridgehead atoms. The summed E-state index contributed by atoms with van der Waals surface area (Å²) in [4.78, 5) is 18.4. The Balaban J connectivity index is 2.42. The number of hydrogen-bond acceptors (Lipinski definition) is 8. The van der Waals surface area contributed by atoms with Crippen molar-refractivity contribution in [2.75, 3.05) is 18.9 Å². The van der Waals surface area contributed by atoms with E-state index in [9.17, 15) is 15.0 Å². The lowest BCUT2D eigenvalue weighted by atomic mass is 10.1. The first kappa shape index (κ1) is 11.9. The van der Waals surface area contributed by atoms with Gasteiger partial charge in [-0.05, 0) is 0 Å². The zero-order valence-electron chi connectivity index (χ0n) is 8.72. The Hall–Kier alpha value is -1.55. The number of aliphatic hydroxyl groups excluding tert-OH is 2. The van der Waals surface area contributed by atoms with Crippen LogP contribution in [-0.4, -0.2) is 55.3 Å². The van der Waals surface area contributed by atoms with E-state index in [0.29, 0.717) is 0 Å². The van der Waals surface area contributed by atoms with Gasteiger partial charge < -0.3 is 25.8 Å². The molecule has 1 aromatic heterocycles. The van der Waals surface area contributed by atoms with Gasteiger partial charge in [-0.15, -0.1) is 0 Å². The number of rotatable bonds is 2. The molecule has 0 saturated carbocycles. The summed E-state index contributed by atoms with van der Waals surface area (Å²) < 4.78 is 5.70. The Labute approximate surface area is 95.1 Å². The Kier molecular flexibility index (Phi) is 2.83. The minimum absolute atomic E-state index is 0.234. The fraction of sp³-hybridized carbons (Fsp3) is 0.625. The predicted molar refractivity (Wildman–Crippen MR) is 53.7 cm³/mol. The molecule has 1 saturated heterocycles. The van der Waals surface area contributed by atoms with Crippen molar-refractivity contribution in [3.8, 4) is 0 Å². The smallest absolute Gasteiger partial charge is 0.354 e. The van der Waals surface area contributed by atoms with Gasteiger partial charge in [0.25, 0.3) is 0 Å². The van der Waals surface area contributed by atoms with E-state index in [1.807, 2.05) is 0 Å². The average Bonchev–Trinajstić information content (AvgIpc) is 2.56. The first-order chi connectivity index (χ1) is 7.99. The highest BCUT2D eigenvalue weighted by atomic mass is 16.5. The third-order valence-corrected chi connectivity index (χ3v) is 2.65. The topological polar surface area (TPSA) is 144 Å². The van der Waals surface area contributed by atoms with Crippen LogP contribution in [0.5, 0.6) is 0 Å². The number of ether oxygens (including phenoxy) is 1. The first-order valence-corrected chi connectivity index (χ1v) is 4.83. The van der Waals surface area contributed by atoms with Gasteiger partial charge >= 0.3 is 5.69 Å². The summed E-state index contributed by atoms with van der Waals surface area (Å²) in [5.41, 5.74) is 2.34. The molecule has 17 heavy (non-hydrogen) atoms. The normalized spacial score (nSPS) is 32.9. The molecule has 0 spiro atoms. The van der Waals surface area contributed by atoms with Crippen LogP contribution in [-0.2, 0) is 10.5 Å². The molecule has 0 amide bonds. The van der Waals surface area contributed by atoms with Gasteiger partial charge in [0.05, 0.1) is 13.2 Å². The maximum atomic E-state index is 11.5. The zero-order valence-corrected chi connectivity index (χ0v) is 8.72. The molecule has 0 radical (unpaired) electrons. The molecule has 3 unspecified atom stereocenters. The maximum Gasteiger partial charge on any atom is 0.354 e. The zero-order chi connectivity index (χ0) is 12.6. The lowest BCUT2D eigenvalue weighted by molar-refractivity contribution is -0.116. The highest BCUT2D eigenvalue weighted by Crippen LogP contribution is 2.27. The van der Waals surface area contributed by atoms with Gasteiger partial charge in [-0.3, -0.25) is 0 Å². The van der Waals surface area contributed by atoms with Gasteiger partial charge in [0, 0.05) is 0 Å². The van der Waals surface area contributed by atoms with Gasteiger partial charge in [0.15, 0.2) is 5.72 Å². The number of nitrogens with zero attached hydrogens (tertiary/aromatic N) is 3. The van der Waals surface area contributed by atoms with Crippen LogP contribution in [0.25, 0.3) is 0 Å². The van der Waals surface area contributed by atoms with Crippen LogP contribution in [0.15, 0.2) is 11.1 Å². The van der Waals surface area contributed by atoms with Crippen LogP contribution in [0, 0.1) is 0 Å². The Morgan fingerprint density at radius 3 is 2.94 bits per heavy atom. The summed E-state index contributed by atoms with van der Waals surface area (Å²) in [7, 11) is 0. The van der Waals surface area contributed by atoms with Crippen molar-refractivity contribution in [3.63, 3.8) is 0 Å². The highest BCUT2D eigenvalue weighted by Gasteiger charge is 2.50. The molecule has 1 fully saturated rings. The van der Waals surface area contributed by atoms with Crippen LogP contribution < -0.4 is 11.4 Å². The summed E-state index contributed by atoms with van der Waals surface area (Å²) in [6, 6.07) is 0. The number of aliphatic hydroxyl groups is 3. The number of nitrogen functional groups attached to an aromatic ring is 1. The van der Waals surface area contributed by atoms with Gasteiger partial charge in [-0.25, -0.2) is 14.3 Å². The highest BCUT2D eigenvalue weighted by molar-refractivity contribution is 5.10. The molecule has 1 aliphatic rings. The van der Waals surface area contributed by atoms with E-state index < -0.39 is 30.2 Å². The fourth-order valence-corrected chi connectivity index (χ4v) is 1.68. The second-order valence-corrected chi connectivity index (χ2v) is 3.72. The number of hydrogen-bond donors (Lipinski definition) is 4. The van der Waals surface area contributed by atoms with E-state index in [1.165, 1.54) is 0 Å². The van der Waals surface area contributed by atoms with Gasteiger partial charge in [-0.1, -0.05) is 0 Å². The molecule has 0 aromatic carbocycles. The second kappa shape index (κ2) is 4.04. The summed E-state index contributed by atoms with van der Waals surface area (Å²) >= 11 is 0. The quantitative estimate of drug-likeness (QED) is 0.421. The molecule has 1 aromatic rings.